The number of rotatable bonds is 1. The van der Waals surface area contributed by atoms with E-state index in [0.29, 0.717) is 0 Å². The number of fused-ring (bicyclic) bond motifs is 1. The first-order valence-corrected chi connectivity index (χ1v) is 4.50. The molecule has 2 aromatic rings. The van der Waals surface area contributed by atoms with Crippen LogP contribution in [0.5, 0.6) is 0 Å². The summed E-state index contributed by atoms with van der Waals surface area (Å²) in [4.78, 5) is 10.1. The second-order valence-corrected chi connectivity index (χ2v) is 3.55. The van der Waals surface area contributed by atoms with Gasteiger partial charge in [0.2, 0.25) is 5.28 Å². The Hall–Kier alpha value is -1.36. The third-order valence-corrected chi connectivity index (χ3v) is 2.14. The molecule has 2 aromatic heterocycles. The number of nitrogens with zero attached hydrogens (tertiary/aromatic N) is 5. The lowest BCUT2D eigenvalue weighted by atomic mass is 10.4. The van der Waals surface area contributed by atoms with Crippen molar-refractivity contribution in [3.63, 3.8) is 0 Å². The Morgan fingerprint density at radius 3 is 2.71 bits per heavy atom. The van der Waals surface area contributed by atoms with Gasteiger partial charge < -0.3 is 4.90 Å². The van der Waals surface area contributed by atoms with Gasteiger partial charge in [0.15, 0.2) is 5.65 Å². The summed E-state index contributed by atoms with van der Waals surface area (Å²) in [5.74, 6) is 0.785. The zero-order valence-electron chi connectivity index (χ0n) is 8.19. The topological polar surface area (TPSA) is 46.8 Å². The third kappa shape index (κ3) is 1.29. The van der Waals surface area contributed by atoms with Crippen LogP contribution in [-0.4, -0.2) is 33.8 Å². The van der Waals surface area contributed by atoms with Crippen LogP contribution in [0.1, 0.15) is 0 Å². The fourth-order valence-corrected chi connectivity index (χ4v) is 1.48. The highest BCUT2D eigenvalue weighted by molar-refractivity contribution is 6.28. The zero-order chi connectivity index (χ0) is 10.3. The number of hydrogen-bond donors (Lipinski definition) is 0. The highest BCUT2D eigenvalue weighted by atomic mass is 35.5. The van der Waals surface area contributed by atoms with E-state index in [2.05, 4.69) is 15.1 Å². The Morgan fingerprint density at radius 2 is 2.07 bits per heavy atom. The van der Waals surface area contributed by atoms with Crippen molar-refractivity contribution < 1.29 is 0 Å². The third-order valence-electron chi connectivity index (χ3n) is 1.97. The lowest BCUT2D eigenvalue weighted by Crippen LogP contribution is -2.11. The van der Waals surface area contributed by atoms with Crippen LogP contribution in [0.4, 0.5) is 5.82 Å². The number of aryl methyl sites for hydroxylation is 1. The van der Waals surface area contributed by atoms with Gasteiger partial charge in [0.25, 0.3) is 0 Å². The van der Waals surface area contributed by atoms with E-state index in [9.17, 15) is 0 Å². The van der Waals surface area contributed by atoms with Gasteiger partial charge in [-0.25, -0.2) is 0 Å². The second kappa shape index (κ2) is 3.09. The minimum Gasteiger partial charge on any atom is -0.362 e. The number of hydrogen-bond acceptors (Lipinski definition) is 4. The standard InChI is InChI=1S/C8H10ClN5/c1-13(2)6-5-4-10-14(3)7(5)12-8(9)11-6/h4H,1-3H3. The Morgan fingerprint density at radius 1 is 1.36 bits per heavy atom. The van der Waals surface area contributed by atoms with Gasteiger partial charge in [-0.2, -0.15) is 15.1 Å². The van der Waals surface area contributed by atoms with E-state index >= 15 is 0 Å². The number of aromatic nitrogens is 4. The molecule has 0 N–H and O–H groups in total. The summed E-state index contributed by atoms with van der Waals surface area (Å²) in [5.41, 5.74) is 0.744. The van der Waals surface area contributed by atoms with Gasteiger partial charge >= 0.3 is 0 Å². The molecule has 0 saturated heterocycles. The molecule has 0 unspecified atom stereocenters. The molecule has 0 aliphatic carbocycles. The van der Waals surface area contributed by atoms with E-state index in [1.165, 1.54) is 0 Å². The van der Waals surface area contributed by atoms with E-state index < -0.39 is 0 Å². The maximum Gasteiger partial charge on any atom is 0.226 e. The van der Waals surface area contributed by atoms with Gasteiger partial charge in [-0.05, 0) is 11.6 Å². The van der Waals surface area contributed by atoms with Gasteiger partial charge in [0, 0.05) is 21.1 Å². The summed E-state index contributed by atoms with van der Waals surface area (Å²) < 4.78 is 1.68. The molecule has 0 bridgehead atoms. The molecule has 0 fully saturated rings. The maximum atomic E-state index is 5.81. The first-order chi connectivity index (χ1) is 6.59. The molecule has 6 heteroatoms. The summed E-state index contributed by atoms with van der Waals surface area (Å²) in [6.07, 6.45) is 1.74. The average molecular weight is 212 g/mol. The van der Waals surface area contributed by atoms with E-state index in [4.69, 9.17) is 11.6 Å². The van der Waals surface area contributed by atoms with Crippen molar-refractivity contribution in [3.05, 3.63) is 11.5 Å². The van der Waals surface area contributed by atoms with Crippen molar-refractivity contribution in [3.8, 4) is 0 Å². The number of anilines is 1. The maximum absolute atomic E-state index is 5.81. The minimum atomic E-state index is 0.241. The molecule has 0 amide bonds. The summed E-state index contributed by atoms with van der Waals surface area (Å²) in [7, 11) is 5.64. The Labute approximate surface area is 86.3 Å². The van der Waals surface area contributed by atoms with Crippen molar-refractivity contribution in [2.24, 2.45) is 7.05 Å². The summed E-state index contributed by atoms with van der Waals surface area (Å²) in [5, 5.41) is 5.25. The highest BCUT2D eigenvalue weighted by Crippen LogP contribution is 2.22. The van der Waals surface area contributed by atoms with Crippen LogP contribution in [0.3, 0.4) is 0 Å². The molecule has 0 spiro atoms. The summed E-state index contributed by atoms with van der Waals surface area (Å²) >= 11 is 5.81. The first kappa shape index (κ1) is 9.21. The molecular formula is C8H10ClN5. The van der Waals surface area contributed by atoms with E-state index in [0.717, 1.165) is 16.9 Å². The van der Waals surface area contributed by atoms with Gasteiger partial charge in [-0.1, -0.05) is 0 Å². The van der Waals surface area contributed by atoms with Crippen LogP contribution < -0.4 is 4.90 Å². The minimum absolute atomic E-state index is 0.241. The second-order valence-electron chi connectivity index (χ2n) is 3.22. The van der Waals surface area contributed by atoms with Crippen molar-refractivity contribution >= 4 is 28.5 Å². The quantitative estimate of drug-likeness (QED) is 0.663. The van der Waals surface area contributed by atoms with Crippen LogP contribution in [0.2, 0.25) is 5.28 Å². The van der Waals surface area contributed by atoms with Crippen LogP contribution in [0, 0.1) is 0 Å². The molecule has 5 nitrogen and oxygen atoms in total. The Bertz CT molecular complexity index is 476. The molecule has 0 aliphatic rings. The van der Waals surface area contributed by atoms with Gasteiger partial charge in [-0.3, -0.25) is 4.68 Å². The molecule has 0 aliphatic heterocycles. The fourth-order valence-electron chi connectivity index (χ4n) is 1.32. The van der Waals surface area contributed by atoms with Crippen LogP contribution in [0.15, 0.2) is 6.20 Å². The molecule has 0 aromatic carbocycles. The summed E-state index contributed by atoms with van der Waals surface area (Å²) in [6, 6.07) is 0. The monoisotopic (exact) mass is 211 g/mol. The largest absolute Gasteiger partial charge is 0.362 e. The molecule has 0 saturated carbocycles. The van der Waals surface area contributed by atoms with Gasteiger partial charge in [0.1, 0.15) is 5.82 Å². The molecule has 2 heterocycles. The van der Waals surface area contributed by atoms with E-state index in [1.807, 2.05) is 26.0 Å². The van der Waals surface area contributed by atoms with Crippen molar-refractivity contribution in [2.75, 3.05) is 19.0 Å². The van der Waals surface area contributed by atoms with Crippen LogP contribution in [0.25, 0.3) is 11.0 Å². The lowest BCUT2D eigenvalue weighted by Gasteiger charge is -2.11. The zero-order valence-corrected chi connectivity index (χ0v) is 8.95. The van der Waals surface area contributed by atoms with Crippen LogP contribution in [-0.2, 0) is 7.05 Å². The Kier molecular flexibility index (Phi) is 2.03. The number of halogens is 1. The predicted octanol–water partition coefficient (Wildman–Crippen LogP) is 1.08. The van der Waals surface area contributed by atoms with Gasteiger partial charge in [-0.15, -0.1) is 0 Å². The Balaban J connectivity index is 2.82. The molecule has 14 heavy (non-hydrogen) atoms. The SMILES string of the molecule is CN(C)c1nc(Cl)nc2c1cnn2C. The van der Waals surface area contributed by atoms with Crippen molar-refractivity contribution in [2.45, 2.75) is 0 Å². The predicted molar refractivity (Wildman–Crippen MR) is 55.6 cm³/mol. The lowest BCUT2D eigenvalue weighted by molar-refractivity contribution is 0.785. The van der Waals surface area contributed by atoms with Crippen LogP contribution >= 0.6 is 11.6 Å². The normalized spacial score (nSPS) is 10.9. The molecule has 0 atom stereocenters. The van der Waals surface area contributed by atoms with Gasteiger partial charge in [0.05, 0.1) is 11.6 Å². The molecule has 2 rings (SSSR count). The van der Waals surface area contributed by atoms with E-state index in [-0.39, 0.29) is 5.28 Å². The molecular weight excluding hydrogens is 202 g/mol. The highest BCUT2D eigenvalue weighted by Gasteiger charge is 2.11. The first-order valence-electron chi connectivity index (χ1n) is 4.12. The van der Waals surface area contributed by atoms with Crippen molar-refractivity contribution in [1.29, 1.82) is 0 Å². The van der Waals surface area contributed by atoms with Crippen molar-refractivity contribution in [1.82, 2.24) is 19.7 Å². The van der Waals surface area contributed by atoms with E-state index in [1.54, 1.807) is 10.9 Å². The molecule has 0 radical (unpaired) electrons. The average Bonchev–Trinajstić information content (AvgIpc) is 2.47. The fraction of sp³-hybridized carbons (Fsp3) is 0.375. The molecule has 74 valence electrons. The summed E-state index contributed by atoms with van der Waals surface area (Å²) in [6.45, 7) is 0. The smallest absolute Gasteiger partial charge is 0.226 e.